The van der Waals surface area contributed by atoms with E-state index in [1.165, 1.54) is 37.7 Å². The Morgan fingerprint density at radius 3 is 2.54 bits per heavy atom. The van der Waals surface area contributed by atoms with Gasteiger partial charge in [0.05, 0.1) is 19.3 Å². The molecule has 0 heterocycles. The summed E-state index contributed by atoms with van der Waals surface area (Å²) < 4.78 is 11.1. The predicted octanol–water partition coefficient (Wildman–Crippen LogP) is 3.10. The van der Waals surface area contributed by atoms with Crippen molar-refractivity contribution in [1.82, 2.24) is 10.6 Å². The number of methoxy groups -OCH3 is 1. The number of guanidine groups is 1. The van der Waals surface area contributed by atoms with Crippen molar-refractivity contribution in [3.05, 3.63) is 29.8 Å². The molecule has 24 heavy (non-hydrogen) atoms. The van der Waals surface area contributed by atoms with Crippen LogP contribution in [0.15, 0.2) is 29.3 Å². The second kappa shape index (κ2) is 10.9. The second-order valence-corrected chi connectivity index (χ2v) is 6.14. The van der Waals surface area contributed by atoms with Gasteiger partial charge < -0.3 is 20.1 Å². The molecule has 134 valence electrons. The van der Waals surface area contributed by atoms with Gasteiger partial charge in [-0.1, -0.05) is 18.6 Å². The summed E-state index contributed by atoms with van der Waals surface area (Å²) in [5.74, 6) is 1.79. The van der Waals surface area contributed by atoms with E-state index in [4.69, 9.17) is 9.47 Å². The van der Waals surface area contributed by atoms with Crippen LogP contribution in [-0.4, -0.2) is 38.9 Å². The summed E-state index contributed by atoms with van der Waals surface area (Å²) >= 11 is 0. The first-order valence-corrected chi connectivity index (χ1v) is 9.08. The van der Waals surface area contributed by atoms with Gasteiger partial charge in [0.15, 0.2) is 5.96 Å². The molecule has 1 aliphatic carbocycles. The Kier molecular flexibility index (Phi) is 8.46. The van der Waals surface area contributed by atoms with Crippen molar-refractivity contribution < 1.29 is 9.47 Å². The molecule has 1 aromatic rings. The zero-order valence-electron chi connectivity index (χ0n) is 15.0. The molecular weight excluding hydrogens is 302 g/mol. The number of ether oxygens (including phenoxy) is 2. The second-order valence-electron chi connectivity index (χ2n) is 6.14. The van der Waals surface area contributed by atoms with Crippen molar-refractivity contribution in [1.29, 1.82) is 0 Å². The largest absolute Gasteiger partial charge is 0.490 e. The molecule has 0 aromatic heterocycles. The van der Waals surface area contributed by atoms with E-state index >= 15 is 0 Å². The van der Waals surface area contributed by atoms with E-state index < -0.39 is 0 Å². The van der Waals surface area contributed by atoms with Crippen molar-refractivity contribution in [2.45, 2.75) is 51.7 Å². The zero-order chi connectivity index (χ0) is 17.0. The molecule has 0 atom stereocenters. The predicted molar refractivity (Wildman–Crippen MR) is 98.6 cm³/mol. The molecule has 5 heteroatoms. The molecule has 1 aliphatic rings. The zero-order valence-corrected chi connectivity index (χ0v) is 15.0. The monoisotopic (exact) mass is 333 g/mol. The van der Waals surface area contributed by atoms with Crippen molar-refractivity contribution in [2.75, 3.05) is 26.8 Å². The van der Waals surface area contributed by atoms with Crippen molar-refractivity contribution in [3.63, 3.8) is 0 Å². The highest BCUT2D eigenvalue weighted by Crippen LogP contribution is 2.23. The third kappa shape index (κ3) is 6.79. The highest BCUT2D eigenvalue weighted by Gasteiger charge is 2.14. The molecule has 1 aromatic carbocycles. The Morgan fingerprint density at radius 1 is 1.12 bits per heavy atom. The Labute approximate surface area is 145 Å². The Balaban J connectivity index is 1.83. The van der Waals surface area contributed by atoms with E-state index in [1.807, 2.05) is 0 Å². The van der Waals surface area contributed by atoms with Gasteiger partial charge in [0.1, 0.15) is 5.75 Å². The molecular formula is C19H31N3O2. The quantitative estimate of drug-likeness (QED) is 0.436. The lowest BCUT2D eigenvalue weighted by Crippen LogP contribution is -2.38. The van der Waals surface area contributed by atoms with Crippen molar-refractivity contribution in [2.24, 2.45) is 4.99 Å². The molecule has 2 N–H and O–H groups in total. The highest BCUT2D eigenvalue weighted by atomic mass is 16.5. The van der Waals surface area contributed by atoms with Crippen molar-refractivity contribution in [3.8, 4) is 5.75 Å². The average Bonchev–Trinajstić information content (AvgIpc) is 2.62. The van der Waals surface area contributed by atoms with Crippen LogP contribution in [0, 0.1) is 0 Å². The Hall–Kier alpha value is -1.75. The SMILES string of the molecule is CCNC(=NCc1ccc(OC2CCCCC2)cc1)NCCOC. The van der Waals surface area contributed by atoms with E-state index in [0.717, 1.165) is 24.8 Å². The number of nitrogens with zero attached hydrogens (tertiary/aromatic N) is 1. The number of aliphatic imine (C=N–C) groups is 1. The maximum atomic E-state index is 6.07. The molecule has 1 fully saturated rings. The number of benzene rings is 1. The van der Waals surface area contributed by atoms with Crippen LogP contribution in [0.2, 0.25) is 0 Å². The molecule has 0 saturated heterocycles. The maximum absolute atomic E-state index is 6.07. The molecule has 0 bridgehead atoms. The third-order valence-electron chi connectivity index (χ3n) is 4.14. The molecule has 0 unspecified atom stereocenters. The highest BCUT2D eigenvalue weighted by molar-refractivity contribution is 5.79. The van der Waals surface area contributed by atoms with Gasteiger partial charge in [-0.15, -0.1) is 0 Å². The van der Waals surface area contributed by atoms with Gasteiger partial charge in [-0.2, -0.15) is 0 Å². The fraction of sp³-hybridized carbons (Fsp3) is 0.632. The van der Waals surface area contributed by atoms with Crippen LogP contribution >= 0.6 is 0 Å². The van der Waals surface area contributed by atoms with Crippen LogP contribution in [0.1, 0.15) is 44.6 Å². The van der Waals surface area contributed by atoms with Gasteiger partial charge in [-0.05, 0) is 50.3 Å². The molecule has 0 aliphatic heterocycles. The lowest BCUT2D eigenvalue weighted by atomic mass is 9.98. The minimum absolute atomic E-state index is 0.396. The van der Waals surface area contributed by atoms with Crippen LogP contribution in [-0.2, 0) is 11.3 Å². The van der Waals surface area contributed by atoms with Gasteiger partial charge in [0.25, 0.3) is 0 Å². The summed E-state index contributed by atoms with van der Waals surface area (Å²) in [4.78, 5) is 4.60. The minimum atomic E-state index is 0.396. The van der Waals surface area contributed by atoms with E-state index in [9.17, 15) is 0 Å². The molecule has 1 saturated carbocycles. The van der Waals surface area contributed by atoms with Crippen LogP contribution in [0.5, 0.6) is 5.75 Å². The molecule has 0 spiro atoms. The first kappa shape index (κ1) is 18.6. The van der Waals surface area contributed by atoms with Crippen LogP contribution in [0.25, 0.3) is 0 Å². The standard InChI is InChI=1S/C19H31N3O2/c1-3-20-19(21-13-14-23-2)22-15-16-9-11-18(12-10-16)24-17-7-5-4-6-8-17/h9-12,17H,3-8,13-15H2,1-2H3,(H2,20,21,22). The summed E-state index contributed by atoms with van der Waals surface area (Å²) in [5.41, 5.74) is 1.18. The summed E-state index contributed by atoms with van der Waals surface area (Å²) in [6.45, 7) is 4.96. The molecule has 0 amide bonds. The lowest BCUT2D eigenvalue weighted by molar-refractivity contribution is 0.155. The topological polar surface area (TPSA) is 54.9 Å². The fourth-order valence-electron chi connectivity index (χ4n) is 2.83. The van der Waals surface area contributed by atoms with E-state index in [2.05, 4.69) is 46.8 Å². The molecule has 5 nitrogen and oxygen atoms in total. The molecule has 2 rings (SSSR count). The maximum Gasteiger partial charge on any atom is 0.191 e. The van der Waals surface area contributed by atoms with E-state index in [1.54, 1.807) is 7.11 Å². The van der Waals surface area contributed by atoms with Gasteiger partial charge in [0.2, 0.25) is 0 Å². The first-order valence-electron chi connectivity index (χ1n) is 9.08. The number of rotatable bonds is 8. The lowest BCUT2D eigenvalue weighted by Gasteiger charge is -2.23. The normalized spacial score (nSPS) is 16.0. The fourth-order valence-corrected chi connectivity index (χ4v) is 2.83. The summed E-state index contributed by atoms with van der Waals surface area (Å²) in [7, 11) is 1.70. The van der Waals surface area contributed by atoms with Gasteiger partial charge >= 0.3 is 0 Å². The average molecular weight is 333 g/mol. The van der Waals surface area contributed by atoms with E-state index in [-0.39, 0.29) is 0 Å². The van der Waals surface area contributed by atoms with Gasteiger partial charge in [-0.25, -0.2) is 4.99 Å². The Morgan fingerprint density at radius 2 is 1.88 bits per heavy atom. The van der Waals surface area contributed by atoms with Gasteiger partial charge in [-0.3, -0.25) is 0 Å². The summed E-state index contributed by atoms with van der Waals surface area (Å²) in [6, 6.07) is 8.32. The van der Waals surface area contributed by atoms with Crippen molar-refractivity contribution >= 4 is 5.96 Å². The number of nitrogens with one attached hydrogen (secondary N) is 2. The van der Waals surface area contributed by atoms with Crippen LogP contribution in [0.3, 0.4) is 0 Å². The number of hydrogen-bond donors (Lipinski definition) is 2. The minimum Gasteiger partial charge on any atom is -0.490 e. The summed E-state index contributed by atoms with van der Waals surface area (Å²) in [5, 5.41) is 6.48. The summed E-state index contributed by atoms with van der Waals surface area (Å²) in [6.07, 6.45) is 6.70. The van der Waals surface area contributed by atoms with Crippen LogP contribution < -0.4 is 15.4 Å². The Bertz CT molecular complexity index is 482. The van der Waals surface area contributed by atoms with Crippen LogP contribution in [0.4, 0.5) is 0 Å². The number of hydrogen-bond acceptors (Lipinski definition) is 3. The van der Waals surface area contributed by atoms with E-state index in [0.29, 0.717) is 19.3 Å². The smallest absolute Gasteiger partial charge is 0.191 e. The first-order chi connectivity index (χ1) is 11.8. The van der Waals surface area contributed by atoms with Gasteiger partial charge in [0, 0.05) is 20.2 Å². The molecule has 0 radical (unpaired) electrons. The third-order valence-corrected chi connectivity index (χ3v) is 4.14.